The molecule has 104 valence electrons. The lowest BCUT2D eigenvalue weighted by atomic mass is 9.99. The van der Waals surface area contributed by atoms with Gasteiger partial charge in [0.1, 0.15) is 0 Å². The molecule has 2 heterocycles. The first kappa shape index (κ1) is 13.3. The van der Waals surface area contributed by atoms with Gasteiger partial charge in [-0.2, -0.15) is 11.8 Å². The maximum Gasteiger partial charge on any atom is 0.0418 e. The fraction of sp³-hybridized carbons (Fsp3) is 0.625. The van der Waals surface area contributed by atoms with E-state index in [1.807, 2.05) is 0 Å². The van der Waals surface area contributed by atoms with E-state index in [9.17, 15) is 0 Å². The number of aryl methyl sites for hydroxylation is 1. The lowest BCUT2D eigenvalue weighted by Gasteiger charge is -2.25. The monoisotopic (exact) mass is 276 g/mol. The number of hydrogen-bond donors (Lipinski definition) is 2. The van der Waals surface area contributed by atoms with Crippen LogP contribution in [0.1, 0.15) is 37.3 Å². The van der Waals surface area contributed by atoms with Crippen LogP contribution < -0.4 is 10.6 Å². The highest BCUT2D eigenvalue weighted by Gasteiger charge is 2.28. The van der Waals surface area contributed by atoms with Crippen molar-refractivity contribution < 1.29 is 0 Å². The molecule has 19 heavy (non-hydrogen) atoms. The number of fused-ring (bicyclic) bond motifs is 1. The quantitative estimate of drug-likeness (QED) is 0.881. The topological polar surface area (TPSA) is 24.1 Å². The standard InChI is InChI=1S/C16H24N2S/c1-16(8-4-10-19-16)12-17-11-14-6-2-5-13-7-3-9-18-15(13)14/h2,5-6,17-18H,3-4,7-12H2,1H3. The van der Waals surface area contributed by atoms with Crippen LogP contribution in [0, 0.1) is 0 Å². The molecule has 1 unspecified atom stereocenters. The fourth-order valence-corrected chi connectivity index (χ4v) is 4.44. The van der Waals surface area contributed by atoms with E-state index >= 15 is 0 Å². The SMILES string of the molecule is CC1(CNCc2cccc3c2NCCC3)CCCS1. The zero-order valence-electron chi connectivity index (χ0n) is 11.8. The first-order valence-electron chi connectivity index (χ1n) is 7.46. The summed E-state index contributed by atoms with van der Waals surface area (Å²) in [6.45, 7) is 5.64. The molecule has 2 aliphatic rings. The Morgan fingerprint density at radius 2 is 2.32 bits per heavy atom. The normalized spacial score (nSPS) is 25.9. The van der Waals surface area contributed by atoms with E-state index in [1.165, 1.54) is 48.3 Å². The minimum Gasteiger partial charge on any atom is -0.385 e. The van der Waals surface area contributed by atoms with Gasteiger partial charge in [-0.05, 0) is 49.5 Å². The molecule has 1 aromatic carbocycles. The Morgan fingerprint density at radius 1 is 1.37 bits per heavy atom. The van der Waals surface area contributed by atoms with Crippen molar-refractivity contribution in [3.05, 3.63) is 29.3 Å². The van der Waals surface area contributed by atoms with Gasteiger partial charge in [-0.25, -0.2) is 0 Å². The van der Waals surface area contributed by atoms with Crippen LogP contribution in [0.3, 0.4) is 0 Å². The lowest BCUT2D eigenvalue weighted by molar-refractivity contribution is 0.537. The average molecular weight is 276 g/mol. The Kier molecular flexibility index (Phi) is 4.04. The molecule has 0 bridgehead atoms. The van der Waals surface area contributed by atoms with Crippen molar-refractivity contribution >= 4 is 17.4 Å². The molecule has 2 aliphatic heterocycles. The summed E-state index contributed by atoms with van der Waals surface area (Å²) < 4.78 is 0.461. The number of thioether (sulfide) groups is 1. The number of nitrogens with one attached hydrogen (secondary N) is 2. The number of rotatable bonds is 4. The van der Waals surface area contributed by atoms with Crippen LogP contribution in [0.15, 0.2) is 18.2 Å². The van der Waals surface area contributed by atoms with Crippen LogP contribution in [-0.2, 0) is 13.0 Å². The average Bonchev–Trinajstić information content (AvgIpc) is 2.86. The summed E-state index contributed by atoms with van der Waals surface area (Å²) >= 11 is 2.13. The van der Waals surface area contributed by atoms with Gasteiger partial charge in [0.25, 0.3) is 0 Å². The highest BCUT2D eigenvalue weighted by atomic mass is 32.2. The summed E-state index contributed by atoms with van der Waals surface area (Å²) in [5, 5.41) is 7.25. The van der Waals surface area contributed by atoms with Crippen LogP contribution in [0.4, 0.5) is 5.69 Å². The maximum absolute atomic E-state index is 3.67. The Balaban J connectivity index is 1.61. The van der Waals surface area contributed by atoms with E-state index in [1.54, 1.807) is 0 Å². The highest BCUT2D eigenvalue weighted by Crippen LogP contribution is 2.37. The molecule has 3 heteroatoms. The molecular formula is C16H24N2S. The molecule has 0 amide bonds. The van der Waals surface area contributed by atoms with Crippen molar-refractivity contribution in [3.8, 4) is 0 Å². The minimum atomic E-state index is 0.461. The Labute approximate surface area is 120 Å². The van der Waals surface area contributed by atoms with Crippen LogP contribution >= 0.6 is 11.8 Å². The summed E-state index contributed by atoms with van der Waals surface area (Å²) in [7, 11) is 0. The lowest BCUT2D eigenvalue weighted by Crippen LogP contribution is -2.32. The minimum absolute atomic E-state index is 0.461. The zero-order chi connectivity index (χ0) is 13.1. The molecule has 1 atom stereocenters. The van der Waals surface area contributed by atoms with E-state index in [-0.39, 0.29) is 0 Å². The Morgan fingerprint density at radius 3 is 3.16 bits per heavy atom. The van der Waals surface area contributed by atoms with Gasteiger partial charge in [-0.1, -0.05) is 18.2 Å². The van der Waals surface area contributed by atoms with Crippen LogP contribution in [-0.4, -0.2) is 23.6 Å². The van der Waals surface area contributed by atoms with Gasteiger partial charge in [0, 0.05) is 30.1 Å². The molecule has 0 saturated carbocycles. The molecule has 3 rings (SSSR count). The van der Waals surface area contributed by atoms with Crippen LogP contribution in [0.2, 0.25) is 0 Å². The van der Waals surface area contributed by atoms with Crippen LogP contribution in [0.5, 0.6) is 0 Å². The third kappa shape index (κ3) is 3.09. The number of hydrogen-bond acceptors (Lipinski definition) is 3. The van der Waals surface area contributed by atoms with Gasteiger partial charge >= 0.3 is 0 Å². The first-order valence-corrected chi connectivity index (χ1v) is 8.45. The zero-order valence-corrected chi connectivity index (χ0v) is 12.6. The molecule has 1 saturated heterocycles. The molecular weight excluding hydrogens is 252 g/mol. The first-order chi connectivity index (χ1) is 9.27. The van der Waals surface area contributed by atoms with E-state index < -0.39 is 0 Å². The van der Waals surface area contributed by atoms with E-state index in [2.05, 4.69) is 47.5 Å². The Hall–Kier alpha value is -0.670. The molecule has 1 aromatic rings. The molecule has 2 nitrogen and oxygen atoms in total. The largest absolute Gasteiger partial charge is 0.385 e. The smallest absolute Gasteiger partial charge is 0.0418 e. The second kappa shape index (κ2) is 5.76. The third-order valence-electron chi connectivity index (χ3n) is 4.28. The second-order valence-electron chi connectivity index (χ2n) is 5.99. The number of para-hydroxylation sites is 1. The van der Waals surface area contributed by atoms with E-state index in [0.717, 1.165) is 19.6 Å². The predicted molar refractivity (Wildman–Crippen MR) is 85.1 cm³/mol. The van der Waals surface area contributed by atoms with Gasteiger partial charge in [0.15, 0.2) is 0 Å². The summed E-state index contributed by atoms with van der Waals surface area (Å²) in [6.07, 6.45) is 5.23. The molecule has 1 fully saturated rings. The van der Waals surface area contributed by atoms with Crippen molar-refractivity contribution in [1.82, 2.24) is 5.32 Å². The number of anilines is 1. The van der Waals surface area contributed by atoms with Crippen molar-refractivity contribution in [2.75, 3.05) is 24.2 Å². The molecule has 0 aromatic heterocycles. The molecule has 0 aliphatic carbocycles. The van der Waals surface area contributed by atoms with Gasteiger partial charge in [-0.15, -0.1) is 0 Å². The Bertz CT molecular complexity index is 438. The van der Waals surface area contributed by atoms with E-state index in [4.69, 9.17) is 0 Å². The summed E-state index contributed by atoms with van der Waals surface area (Å²) in [6, 6.07) is 6.72. The molecule has 0 radical (unpaired) electrons. The number of benzene rings is 1. The summed E-state index contributed by atoms with van der Waals surface area (Å²) in [5.74, 6) is 1.33. The summed E-state index contributed by atoms with van der Waals surface area (Å²) in [5.41, 5.74) is 4.32. The van der Waals surface area contributed by atoms with E-state index in [0.29, 0.717) is 4.75 Å². The maximum atomic E-state index is 3.67. The predicted octanol–water partition coefficient (Wildman–Crippen LogP) is 3.42. The second-order valence-corrected chi connectivity index (χ2v) is 7.67. The molecule has 0 spiro atoms. The van der Waals surface area contributed by atoms with Crippen molar-refractivity contribution in [2.45, 2.75) is 43.9 Å². The van der Waals surface area contributed by atoms with Gasteiger partial charge in [0.2, 0.25) is 0 Å². The fourth-order valence-electron chi connectivity index (χ4n) is 3.17. The van der Waals surface area contributed by atoms with Gasteiger partial charge in [0.05, 0.1) is 0 Å². The van der Waals surface area contributed by atoms with Crippen molar-refractivity contribution in [3.63, 3.8) is 0 Å². The highest BCUT2D eigenvalue weighted by molar-refractivity contribution is 8.00. The van der Waals surface area contributed by atoms with Crippen molar-refractivity contribution in [1.29, 1.82) is 0 Å². The third-order valence-corrected chi connectivity index (χ3v) is 5.81. The van der Waals surface area contributed by atoms with Crippen molar-refractivity contribution in [2.24, 2.45) is 0 Å². The molecule has 2 N–H and O–H groups in total. The summed E-state index contributed by atoms with van der Waals surface area (Å²) in [4.78, 5) is 0. The van der Waals surface area contributed by atoms with Gasteiger partial charge in [-0.3, -0.25) is 0 Å². The van der Waals surface area contributed by atoms with Gasteiger partial charge < -0.3 is 10.6 Å². The van der Waals surface area contributed by atoms with Crippen LogP contribution in [0.25, 0.3) is 0 Å².